The number of cyclic esters (lactones) is 1. The van der Waals surface area contributed by atoms with Gasteiger partial charge in [-0.2, -0.15) is 0 Å². The van der Waals surface area contributed by atoms with Gasteiger partial charge in [0.1, 0.15) is 11.9 Å². The molecule has 1 aliphatic rings. The summed E-state index contributed by atoms with van der Waals surface area (Å²) in [6.45, 7) is 0.363. The van der Waals surface area contributed by atoms with E-state index in [1.807, 2.05) is 0 Å². The van der Waals surface area contributed by atoms with E-state index in [1.54, 1.807) is 31.4 Å². The molecule has 110 valence electrons. The molecule has 0 spiro atoms. The minimum atomic E-state index is -0.624. The number of hydrogen-bond donors (Lipinski definition) is 1. The number of rotatable bonds is 4. The van der Waals surface area contributed by atoms with Crippen LogP contribution in [0.15, 0.2) is 33.5 Å². The summed E-state index contributed by atoms with van der Waals surface area (Å²) in [4.78, 5) is 24.3. The smallest absolute Gasteiger partial charge is 0.434 e. The van der Waals surface area contributed by atoms with Gasteiger partial charge in [-0.15, -0.1) is 5.10 Å². The van der Waals surface area contributed by atoms with Gasteiger partial charge in [0, 0.05) is 5.69 Å². The largest absolute Gasteiger partial charge is 0.497 e. The maximum atomic E-state index is 11.9. The zero-order chi connectivity index (χ0) is 14.8. The second kappa shape index (κ2) is 5.31. The SMILES string of the molecule is COc1ccc(N2CC(Cc3n[nH]c(=O)o3)OC2=O)cc1. The number of benzene rings is 1. The highest BCUT2D eigenvalue weighted by Crippen LogP contribution is 2.24. The van der Waals surface area contributed by atoms with Gasteiger partial charge in [-0.1, -0.05) is 0 Å². The molecule has 1 aromatic carbocycles. The summed E-state index contributed by atoms with van der Waals surface area (Å²) in [7, 11) is 1.58. The normalized spacial score (nSPS) is 17.9. The molecule has 1 fully saturated rings. The molecule has 1 saturated heterocycles. The van der Waals surface area contributed by atoms with Crippen molar-refractivity contribution in [3.05, 3.63) is 40.7 Å². The maximum absolute atomic E-state index is 11.9. The molecule has 0 aliphatic carbocycles. The van der Waals surface area contributed by atoms with Crippen molar-refractivity contribution < 1.29 is 18.7 Å². The molecular formula is C13H13N3O5. The molecule has 1 N–H and O–H groups in total. The first-order valence-electron chi connectivity index (χ1n) is 6.32. The Hall–Kier alpha value is -2.77. The number of H-pyrrole nitrogens is 1. The van der Waals surface area contributed by atoms with Gasteiger partial charge in [0.2, 0.25) is 5.89 Å². The highest BCUT2D eigenvalue weighted by atomic mass is 16.6. The van der Waals surface area contributed by atoms with Crippen LogP contribution in [-0.4, -0.2) is 36.0 Å². The molecular weight excluding hydrogens is 278 g/mol. The predicted molar refractivity (Wildman–Crippen MR) is 71.4 cm³/mol. The third-order valence-electron chi connectivity index (χ3n) is 3.14. The van der Waals surface area contributed by atoms with E-state index in [2.05, 4.69) is 10.2 Å². The Morgan fingerprint density at radius 3 is 2.76 bits per heavy atom. The monoisotopic (exact) mass is 291 g/mol. The van der Waals surface area contributed by atoms with Gasteiger partial charge >= 0.3 is 11.8 Å². The molecule has 1 unspecified atom stereocenters. The summed E-state index contributed by atoms with van der Waals surface area (Å²) < 4.78 is 15.1. The van der Waals surface area contributed by atoms with E-state index in [9.17, 15) is 9.59 Å². The second-order valence-corrected chi connectivity index (χ2v) is 4.53. The Balaban J connectivity index is 1.70. The number of amides is 1. The van der Waals surface area contributed by atoms with Gasteiger partial charge in [-0.05, 0) is 24.3 Å². The average molecular weight is 291 g/mol. The molecule has 1 atom stereocenters. The molecule has 3 rings (SSSR count). The third-order valence-corrected chi connectivity index (χ3v) is 3.14. The summed E-state index contributed by atoms with van der Waals surface area (Å²) in [5.41, 5.74) is 0.715. The number of anilines is 1. The molecule has 8 heteroatoms. The van der Waals surface area contributed by atoms with Gasteiger partial charge < -0.3 is 13.9 Å². The van der Waals surface area contributed by atoms with E-state index in [-0.39, 0.29) is 12.3 Å². The van der Waals surface area contributed by atoms with Gasteiger partial charge in [0.05, 0.1) is 20.1 Å². The molecule has 21 heavy (non-hydrogen) atoms. The molecule has 0 bridgehead atoms. The van der Waals surface area contributed by atoms with Crippen molar-refractivity contribution in [1.29, 1.82) is 0 Å². The van der Waals surface area contributed by atoms with Crippen molar-refractivity contribution in [3.63, 3.8) is 0 Å². The van der Waals surface area contributed by atoms with Crippen LogP contribution in [0.1, 0.15) is 5.89 Å². The van der Waals surface area contributed by atoms with Crippen molar-refractivity contribution in [2.75, 3.05) is 18.6 Å². The topological polar surface area (TPSA) is 97.7 Å². The number of hydrogen-bond acceptors (Lipinski definition) is 6. The van der Waals surface area contributed by atoms with Crippen LogP contribution in [-0.2, 0) is 11.2 Å². The summed E-state index contributed by atoms with van der Waals surface area (Å²) in [5, 5.41) is 5.86. The zero-order valence-electron chi connectivity index (χ0n) is 11.2. The Labute approximate surface area is 119 Å². The van der Waals surface area contributed by atoms with E-state index < -0.39 is 18.0 Å². The lowest BCUT2D eigenvalue weighted by Crippen LogP contribution is -2.24. The first kappa shape index (κ1) is 13.2. The van der Waals surface area contributed by atoms with E-state index in [4.69, 9.17) is 13.9 Å². The van der Waals surface area contributed by atoms with Crippen LogP contribution in [0.5, 0.6) is 5.75 Å². The second-order valence-electron chi connectivity index (χ2n) is 4.53. The average Bonchev–Trinajstić information content (AvgIpc) is 3.05. The first-order chi connectivity index (χ1) is 10.2. The van der Waals surface area contributed by atoms with Crippen LogP contribution >= 0.6 is 0 Å². The molecule has 0 saturated carbocycles. The molecule has 2 heterocycles. The number of carbonyl (C=O) groups is 1. The Bertz CT molecular complexity index is 690. The van der Waals surface area contributed by atoms with Crippen LogP contribution < -0.4 is 15.4 Å². The van der Waals surface area contributed by atoms with Crippen molar-refractivity contribution in [3.8, 4) is 5.75 Å². The van der Waals surface area contributed by atoms with Crippen LogP contribution in [0.25, 0.3) is 0 Å². The summed E-state index contributed by atoms with van der Waals surface area (Å²) in [6.07, 6.45) is -0.606. The van der Waals surface area contributed by atoms with Crippen molar-refractivity contribution in [1.82, 2.24) is 10.2 Å². The molecule has 1 aromatic heterocycles. The fraction of sp³-hybridized carbons (Fsp3) is 0.308. The molecule has 8 nitrogen and oxygen atoms in total. The van der Waals surface area contributed by atoms with Crippen LogP contribution in [0, 0.1) is 0 Å². The fourth-order valence-corrected chi connectivity index (χ4v) is 2.14. The molecule has 1 amide bonds. The highest BCUT2D eigenvalue weighted by Gasteiger charge is 2.33. The van der Waals surface area contributed by atoms with Crippen LogP contribution in [0.4, 0.5) is 10.5 Å². The highest BCUT2D eigenvalue weighted by molar-refractivity contribution is 5.89. The van der Waals surface area contributed by atoms with E-state index in [0.717, 1.165) is 0 Å². The summed E-state index contributed by atoms with van der Waals surface area (Å²) >= 11 is 0. The number of ether oxygens (including phenoxy) is 2. The van der Waals surface area contributed by atoms with Gasteiger partial charge in [-0.3, -0.25) is 4.90 Å². The summed E-state index contributed by atoms with van der Waals surface area (Å²) in [6, 6.07) is 7.08. The Morgan fingerprint density at radius 1 is 1.38 bits per heavy atom. The van der Waals surface area contributed by atoms with Gasteiger partial charge in [0.25, 0.3) is 0 Å². The van der Waals surface area contributed by atoms with Crippen molar-refractivity contribution in [2.24, 2.45) is 0 Å². The number of nitrogens with one attached hydrogen (secondary N) is 1. The quantitative estimate of drug-likeness (QED) is 0.900. The lowest BCUT2D eigenvalue weighted by molar-refractivity contribution is 0.137. The first-order valence-corrected chi connectivity index (χ1v) is 6.32. The fourth-order valence-electron chi connectivity index (χ4n) is 2.14. The van der Waals surface area contributed by atoms with Gasteiger partial charge in [-0.25, -0.2) is 14.7 Å². The Kier molecular flexibility index (Phi) is 3.35. The molecule has 0 radical (unpaired) electrons. The molecule has 1 aliphatic heterocycles. The Morgan fingerprint density at radius 2 is 2.14 bits per heavy atom. The number of nitrogens with zero attached hydrogens (tertiary/aromatic N) is 2. The standard InChI is InChI=1S/C13H13N3O5/c1-19-9-4-2-8(3-5-9)16-7-10(20-13(16)18)6-11-14-15-12(17)21-11/h2-5,10H,6-7H2,1H3,(H,15,17). The lowest BCUT2D eigenvalue weighted by Gasteiger charge is -2.13. The minimum Gasteiger partial charge on any atom is -0.497 e. The van der Waals surface area contributed by atoms with Crippen molar-refractivity contribution >= 4 is 11.8 Å². The summed E-state index contributed by atoms with van der Waals surface area (Å²) in [5.74, 6) is 0.303. The van der Waals surface area contributed by atoms with Gasteiger partial charge in [0.15, 0.2) is 0 Å². The number of carbonyl (C=O) groups excluding carboxylic acids is 1. The third kappa shape index (κ3) is 2.73. The maximum Gasteiger partial charge on any atom is 0.434 e. The van der Waals surface area contributed by atoms with Crippen molar-refractivity contribution in [2.45, 2.75) is 12.5 Å². The number of methoxy groups -OCH3 is 1. The number of aromatic nitrogens is 2. The lowest BCUT2D eigenvalue weighted by atomic mass is 10.2. The molecule has 2 aromatic rings. The minimum absolute atomic E-state index is 0.217. The number of aromatic amines is 1. The predicted octanol–water partition coefficient (Wildman–Crippen LogP) is 0.939. The van der Waals surface area contributed by atoms with Crippen LogP contribution in [0.3, 0.4) is 0 Å². The van der Waals surface area contributed by atoms with E-state index >= 15 is 0 Å². The van der Waals surface area contributed by atoms with E-state index in [0.29, 0.717) is 18.0 Å². The van der Waals surface area contributed by atoms with E-state index in [1.165, 1.54) is 4.90 Å². The van der Waals surface area contributed by atoms with Crippen LogP contribution in [0.2, 0.25) is 0 Å². The zero-order valence-corrected chi connectivity index (χ0v) is 11.2.